The van der Waals surface area contributed by atoms with Crippen LogP contribution in [0.3, 0.4) is 0 Å². The molecule has 2 aromatic heterocycles. The molecule has 0 radical (unpaired) electrons. The third kappa shape index (κ3) is 2.64. The highest BCUT2D eigenvalue weighted by molar-refractivity contribution is 4.98. The van der Waals surface area contributed by atoms with Crippen molar-refractivity contribution < 1.29 is 0 Å². The van der Waals surface area contributed by atoms with Crippen molar-refractivity contribution in [2.45, 2.75) is 25.9 Å². The van der Waals surface area contributed by atoms with Gasteiger partial charge in [-0.3, -0.25) is 9.97 Å². The quantitative estimate of drug-likeness (QED) is 0.795. The van der Waals surface area contributed by atoms with Gasteiger partial charge in [0, 0.05) is 37.5 Å². The van der Waals surface area contributed by atoms with Crippen molar-refractivity contribution in [1.82, 2.24) is 25.3 Å². The first-order valence-corrected chi connectivity index (χ1v) is 5.37. The molecule has 0 fully saturated rings. The van der Waals surface area contributed by atoms with E-state index in [-0.39, 0.29) is 6.04 Å². The molecule has 0 saturated carbocycles. The van der Waals surface area contributed by atoms with Crippen molar-refractivity contribution >= 4 is 0 Å². The van der Waals surface area contributed by atoms with E-state index < -0.39 is 0 Å². The Bertz CT molecular complexity index is 398. The number of nitrogens with one attached hydrogen (secondary N) is 2. The summed E-state index contributed by atoms with van der Waals surface area (Å²) >= 11 is 0. The van der Waals surface area contributed by atoms with Crippen molar-refractivity contribution in [1.29, 1.82) is 0 Å². The van der Waals surface area contributed by atoms with Crippen molar-refractivity contribution in [3.05, 3.63) is 42.5 Å². The van der Waals surface area contributed by atoms with E-state index in [4.69, 9.17) is 0 Å². The highest BCUT2D eigenvalue weighted by Crippen LogP contribution is 2.11. The fourth-order valence-electron chi connectivity index (χ4n) is 1.55. The predicted molar refractivity (Wildman–Crippen MR) is 60.5 cm³/mol. The van der Waals surface area contributed by atoms with Gasteiger partial charge in [0.25, 0.3) is 0 Å². The number of imidazole rings is 1. The highest BCUT2D eigenvalue weighted by atomic mass is 15.0. The smallest absolute Gasteiger partial charge is 0.123 e. The topological polar surface area (TPSA) is 66.5 Å². The molecule has 0 aromatic carbocycles. The van der Waals surface area contributed by atoms with E-state index >= 15 is 0 Å². The molecule has 2 N–H and O–H groups in total. The standard InChI is InChI=1S/C11H15N5/c1-2-10(11-14-5-6-15-11)16-8-9-7-12-3-4-13-9/h3-7,10,16H,2,8H2,1H3,(H,14,15). The lowest BCUT2D eigenvalue weighted by Crippen LogP contribution is -2.21. The third-order valence-corrected chi connectivity index (χ3v) is 2.40. The summed E-state index contributed by atoms with van der Waals surface area (Å²) in [5.74, 6) is 0.964. The van der Waals surface area contributed by atoms with E-state index in [0.717, 1.165) is 17.9 Å². The molecule has 2 aromatic rings. The normalized spacial score (nSPS) is 12.6. The van der Waals surface area contributed by atoms with E-state index in [1.54, 1.807) is 24.8 Å². The Hall–Kier alpha value is -1.75. The summed E-state index contributed by atoms with van der Waals surface area (Å²) < 4.78 is 0. The Morgan fingerprint density at radius 3 is 2.88 bits per heavy atom. The first-order chi connectivity index (χ1) is 7.90. The Morgan fingerprint density at radius 1 is 1.31 bits per heavy atom. The summed E-state index contributed by atoms with van der Waals surface area (Å²) in [5.41, 5.74) is 0.938. The van der Waals surface area contributed by atoms with Crippen LogP contribution >= 0.6 is 0 Å². The first-order valence-electron chi connectivity index (χ1n) is 5.37. The molecule has 2 rings (SSSR count). The minimum Gasteiger partial charge on any atom is -0.347 e. The molecule has 2 heterocycles. The second kappa shape index (κ2) is 5.37. The summed E-state index contributed by atoms with van der Waals surface area (Å²) in [4.78, 5) is 15.6. The third-order valence-electron chi connectivity index (χ3n) is 2.40. The molecule has 5 heteroatoms. The van der Waals surface area contributed by atoms with Gasteiger partial charge in [-0.25, -0.2) is 4.98 Å². The minimum absolute atomic E-state index is 0.233. The van der Waals surface area contributed by atoms with Crippen molar-refractivity contribution in [2.24, 2.45) is 0 Å². The average Bonchev–Trinajstić information content (AvgIpc) is 2.85. The van der Waals surface area contributed by atoms with Crippen LogP contribution in [0.2, 0.25) is 0 Å². The van der Waals surface area contributed by atoms with Crippen LogP contribution in [0.1, 0.15) is 30.9 Å². The van der Waals surface area contributed by atoms with Gasteiger partial charge in [-0.05, 0) is 6.42 Å². The predicted octanol–water partition coefficient (Wildman–Crippen LogP) is 1.44. The Balaban J connectivity index is 1.94. The molecule has 0 saturated heterocycles. The van der Waals surface area contributed by atoms with Crippen LogP contribution in [0.15, 0.2) is 31.0 Å². The molecule has 1 atom stereocenters. The molecular formula is C11H15N5. The number of hydrogen-bond acceptors (Lipinski definition) is 4. The van der Waals surface area contributed by atoms with E-state index in [2.05, 4.69) is 32.2 Å². The molecule has 84 valence electrons. The fraction of sp³-hybridized carbons (Fsp3) is 0.364. The number of nitrogens with zero attached hydrogens (tertiary/aromatic N) is 3. The monoisotopic (exact) mass is 217 g/mol. The van der Waals surface area contributed by atoms with Crippen LogP contribution in [0.4, 0.5) is 0 Å². The van der Waals surface area contributed by atoms with Gasteiger partial charge in [0.05, 0.1) is 11.7 Å². The van der Waals surface area contributed by atoms with Gasteiger partial charge >= 0.3 is 0 Å². The van der Waals surface area contributed by atoms with Crippen molar-refractivity contribution in [3.8, 4) is 0 Å². The van der Waals surface area contributed by atoms with Gasteiger partial charge in [-0.1, -0.05) is 6.92 Å². The minimum atomic E-state index is 0.233. The Labute approximate surface area is 94.4 Å². The molecule has 0 spiro atoms. The molecule has 0 aliphatic carbocycles. The number of aromatic nitrogens is 4. The van der Waals surface area contributed by atoms with Crippen LogP contribution in [0, 0.1) is 0 Å². The summed E-state index contributed by atoms with van der Waals surface area (Å²) in [6, 6.07) is 0.233. The van der Waals surface area contributed by atoms with Gasteiger partial charge in [0.15, 0.2) is 0 Å². The maximum Gasteiger partial charge on any atom is 0.123 e. The van der Waals surface area contributed by atoms with Crippen LogP contribution in [0.5, 0.6) is 0 Å². The van der Waals surface area contributed by atoms with Gasteiger partial charge < -0.3 is 10.3 Å². The van der Waals surface area contributed by atoms with Gasteiger partial charge in [0.1, 0.15) is 5.82 Å². The molecule has 0 aliphatic rings. The van der Waals surface area contributed by atoms with Gasteiger partial charge in [0.2, 0.25) is 0 Å². The van der Waals surface area contributed by atoms with Crippen molar-refractivity contribution in [3.63, 3.8) is 0 Å². The SMILES string of the molecule is CCC(NCc1cnccn1)c1ncc[nH]1. The molecule has 1 unspecified atom stereocenters. The molecular weight excluding hydrogens is 202 g/mol. The molecule has 0 aliphatic heterocycles. The fourth-order valence-corrected chi connectivity index (χ4v) is 1.55. The zero-order valence-corrected chi connectivity index (χ0v) is 9.22. The lowest BCUT2D eigenvalue weighted by atomic mass is 10.2. The second-order valence-electron chi connectivity index (χ2n) is 3.51. The number of hydrogen-bond donors (Lipinski definition) is 2. The summed E-state index contributed by atoms with van der Waals surface area (Å²) in [7, 11) is 0. The van der Waals surface area contributed by atoms with Crippen LogP contribution < -0.4 is 5.32 Å². The van der Waals surface area contributed by atoms with E-state index in [9.17, 15) is 0 Å². The first kappa shape index (κ1) is 10.8. The summed E-state index contributed by atoms with van der Waals surface area (Å²) in [6.45, 7) is 2.82. The lowest BCUT2D eigenvalue weighted by Gasteiger charge is -2.13. The maximum absolute atomic E-state index is 4.25. The van der Waals surface area contributed by atoms with E-state index in [1.165, 1.54) is 0 Å². The Kier molecular flexibility index (Phi) is 3.61. The number of aromatic amines is 1. The zero-order valence-electron chi connectivity index (χ0n) is 9.22. The molecule has 0 amide bonds. The van der Waals surface area contributed by atoms with E-state index in [1.807, 2.05) is 6.20 Å². The molecule has 5 nitrogen and oxygen atoms in total. The largest absolute Gasteiger partial charge is 0.347 e. The van der Waals surface area contributed by atoms with Crippen LogP contribution in [0.25, 0.3) is 0 Å². The van der Waals surface area contributed by atoms with Crippen LogP contribution in [-0.2, 0) is 6.54 Å². The summed E-state index contributed by atoms with van der Waals surface area (Å²) in [5, 5.41) is 3.39. The van der Waals surface area contributed by atoms with Gasteiger partial charge in [-0.15, -0.1) is 0 Å². The number of rotatable bonds is 5. The van der Waals surface area contributed by atoms with Crippen LogP contribution in [-0.4, -0.2) is 19.9 Å². The average molecular weight is 217 g/mol. The molecule has 0 bridgehead atoms. The van der Waals surface area contributed by atoms with Gasteiger partial charge in [-0.2, -0.15) is 0 Å². The number of H-pyrrole nitrogens is 1. The highest BCUT2D eigenvalue weighted by Gasteiger charge is 2.10. The maximum atomic E-state index is 4.25. The summed E-state index contributed by atoms with van der Waals surface area (Å²) in [6.07, 6.45) is 9.72. The molecule has 16 heavy (non-hydrogen) atoms. The zero-order chi connectivity index (χ0) is 11.2. The van der Waals surface area contributed by atoms with Crippen molar-refractivity contribution in [2.75, 3.05) is 0 Å². The lowest BCUT2D eigenvalue weighted by molar-refractivity contribution is 0.493. The Morgan fingerprint density at radius 2 is 2.25 bits per heavy atom. The van der Waals surface area contributed by atoms with E-state index in [0.29, 0.717) is 6.54 Å². The second-order valence-corrected chi connectivity index (χ2v) is 3.51.